The second kappa shape index (κ2) is 14.6. The van der Waals surface area contributed by atoms with Crippen molar-refractivity contribution in [2.75, 3.05) is 0 Å². The van der Waals surface area contributed by atoms with E-state index in [9.17, 15) is 54.9 Å². The SMILES string of the molecule is C=C(CC[C@]12O[C@H](C(=O)O)[C@@](O)(C(=O)O)[C@](C(=O)O)(O1)[C@H](OC(=O)C[C@@H](O)CC[C@@H](C)CC)[C@H]2O)[C@@H](O)[C@H](C)Cc1ccccc1. The summed E-state index contributed by atoms with van der Waals surface area (Å²) in [6.45, 7) is 9.52. The molecule has 256 valence electrons. The number of aliphatic hydroxyl groups excluding tert-OH is 3. The lowest BCUT2D eigenvalue weighted by molar-refractivity contribution is -0.374. The molecule has 0 unspecified atom stereocenters. The van der Waals surface area contributed by atoms with E-state index in [4.69, 9.17) is 14.2 Å². The Morgan fingerprint density at radius 2 is 1.65 bits per heavy atom. The molecule has 2 bridgehead atoms. The number of aliphatic carboxylic acids is 3. The Hall–Kier alpha value is -3.40. The van der Waals surface area contributed by atoms with Crippen LogP contribution in [0.2, 0.25) is 0 Å². The fourth-order valence-corrected chi connectivity index (χ4v) is 6.09. The standard InChI is InChI=1S/C32H44O14/c1-5-17(2)11-12-21(33)16-22(34)44-25-24(36)30(14-13-18(3)23(35)19(4)15-20-9-7-6-8-10-20)45-26(27(37)38)31(43,28(39)40)32(25,46-30)29(41)42/h6-10,17,19,21,23-26,33,35-36,43H,3,5,11-16H2,1-2,4H3,(H,37,38)(H,39,40)(H,41,42)/t17-,19+,21-,23+,24+,25+,26+,30-,31+,32-/m0/s1. The van der Waals surface area contributed by atoms with Gasteiger partial charge in [0, 0.05) is 6.42 Å². The first-order valence-corrected chi connectivity index (χ1v) is 15.2. The second-order valence-electron chi connectivity index (χ2n) is 12.4. The van der Waals surface area contributed by atoms with Crippen LogP contribution < -0.4 is 0 Å². The number of hydrogen-bond acceptors (Lipinski definition) is 11. The van der Waals surface area contributed by atoms with Gasteiger partial charge in [0.05, 0.1) is 18.6 Å². The zero-order valence-electron chi connectivity index (χ0n) is 26.1. The molecule has 14 heteroatoms. The van der Waals surface area contributed by atoms with Crippen molar-refractivity contribution in [2.24, 2.45) is 11.8 Å². The lowest BCUT2D eigenvalue weighted by Gasteiger charge is -2.48. The van der Waals surface area contributed by atoms with Crippen LogP contribution in [0, 0.1) is 11.8 Å². The second-order valence-corrected chi connectivity index (χ2v) is 12.4. The van der Waals surface area contributed by atoms with Gasteiger partial charge in [-0.25, -0.2) is 14.4 Å². The van der Waals surface area contributed by atoms with Crippen LogP contribution in [-0.4, -0.2) is 107 Å². The number of esters is 1. The summed E-state index contributed by atoms with van der Waals surface area (Å²) in [6.07, 6.45) is -9.53. The van der Waals surface area contributed by atoms with Gasteiger partial charge in [0.15, 0.2) is 6.10 Å². The summed E-state index contributed by atoms with van der Waals surface area (Å²) in [5.74, 6) is -10.8. The summed E-state index contributed by atoms with van der Waals surface area (Å²) in [5, 5.41) is 74.3. The van der Waals surface area contributed by atoms with Gasteiger partial charge in [0.1, 0.15) is 6.10 Å². The molecule has 0 saturated carbocycles. The molecule has 2 fully saturated rings. The van der Waals surface area contributed by atoms with Crippen molar-refractivity contribution in [3.63, 3.8) is 0 Å². The summed E-state index contributed by atoms with van der Waals surface area (Å²) >= 11 is 0. The minimum Gasteiger partial charge on any atom is -0.479 e. The van der Waals surface area contributed by atoms with Crippen LogP contribution in [0.3, 0.4) is 0 Å². The normalized spacial score (nSPS) is 31.3. The lowest BCUT2D eigenvalue weighted by Crippen LogP contribution is -2.78. The van der Waals surface area contributed by atoms with Gasteiger partial charge in [0.2, 0.25) is 23.1 Å². The Kier molecular flexibility index (Phi) is 11.7. The van der Waals surface area contributed by atoms with Gasteiger partial charge in [-0.2, -0.15) is 0 Å². The third-order valence-corrected chi connectivity index (χ3v) is 9.11. The average molecular weight is 653 g/mol. The zero-order chi connectivity index (χ0) is 34.6. The lowest BCUT2D eigenvalue weighted by atomic mass is 9.74. The van der Waals surface area contributed by atoms with Crippen LogP contribution in [0.1, 0.15) is 64.9 Å². The number of carboxylic acid groups (broad SMARTS) is 3. The molecule has 0 amide bonds. The molecule has 10 atom stereocenters. The van der Waals surface area contributed by atoms with E-state index in [0.29, 0.717) is 12.8 Å². The number of carbonyl (C=O) groups excluding carboxylic acids is 1. The molecule has 46 heavy (non-hydrogen) atoms. The largest absolute Gasteiger partial charge is 0.479 e. The molecule has 0 radical (unpaired) electrons. The van der Waals surface area contributed by atoms with Gasteiger partial charge in [-0.1, -0.05) is 64.1 Å². The number of carbonyl (C=O) groups is 4. The van der Waals surface area contributed by atoms with Crippen LogP contribution in [0.4, 0.5) is 0 Å². The van der Waals surface area contributed by atoms with E-state index in [1.54, 1.807) is 6.92 Å². The van der Waals surface area contributed by atoms with Crippen LogP contribution >= 0.6 is 0 Å². The van der Waals surface area contributed by atoms with E-state index in [1.807, 2.05) is 44.2 Å². The first-order valence-electron chi connectivity index (χ1n) is 15.2. The average Bonchev–Trinajstić information content (AvgIpc) is 3.22. The summed E-state index contributed by atoms with van der Waals surface area (Å²) < 4.78 is 16.2. The van der Waals surface area contributed by atoms with E-state index < -0.39 is 84.2 Å². The number of ether oxygens (including phenoxy) is 3. The topological polar surface area (TPSA) is 238 Å². The van der Waals surface area contributed by atoms with Gasteiger partial charge in [0.25, 0.3) is 0 Å². The van der Waals surface area contributed by atoms with Crippen LogP contribution in [0.5, 0.6) is 0 Å². The summed E-state index contributed by atoms with van der Waals surface area (Å²) in [4.78, 5) is 50.5. The van der Waals surface area contributed by atoms with E-state index in [-0.39, 0.29) is 30.3 Å². The molecule has 2 saturated heterocycles. The van der Waals surface area contributed by atoms with E-state index in [0.717, 1.165) is 12.0 Å². The first kappa shape index (κ1) is 37.1. The minimum atomic E-state index is -3.91. The fourth-order valence-electron chi connectivity index (χ4n) is 6.09. The monoisotopic (exact) mass is 652 g/mol. The zero-order valence-corrected chi connectivity index (χ0v) is 26.1. The molecule has 0 aromatic heterocycles. The van der Waals surface area contributed by atoms with Crippen molar-refractivity contribution in [2.45, 2.75) is 113 Å². The third-order valence-electron chi connectivity index (χ3n) is 9.11. The van der Waals surface area contributed by atoms with Crippen LogP contribution in [0.15, 0.2) is 42.5 Å². The van der Waals surface area contributed by atoms with Crippen molar-refractivity contribution in [3.05, 3.63) is 48.0 Å². The Morgan fingerprint density at radius 3 is 2.20 bits per heavy atom. The number of aliphatic hydroxyl groups is 4. The maximum atomic E-state index is 12.9. The van der Waals surface area contributed by atoms with Crippen molar-refractivity contribution in [1.29, 1.82) is 0 Å². The highest BCUT2D eigenvalue weighted by atomic mass is 16.8. The van der Waals surface area contributed by atoms with E-state index in [2.05, 4.69) is 6.58 Å². The number of carboxylic acids is 3. The molecule has 1 aromatic rings. The highest BCUT2D eigenvalue weighted by molar-refractivity contribution is 5.98. The number of fused-ring (bicyclic) bond motifs is 2. The molecule has 3 rings (SSSR count). The first-order chi connectivity index (χ1) is 21.5. The maximum absolute atomic E-state index is 12.9. The minimum absolute atomic E-state index is 0.175. The predicted molar refractivity (Wildman–Crippen MR) is 158 cm³/mol. The van der Waals surface area contributed by atoms with Crippen molar-refractivity contribution >= 4 is 23.9 Å². The summed E-state index contributed by atoms with van der Waals surface area (Å²) in [7, 11) is 0. The van der Waals surface area contributed by atoms with Crippen LogP contribution in [-0.2, 0) is 39.8 Å². The van der Waals surface area contributed by atoms with Gasteiger partial charge >= 0.3 is 23.9 Å². The molecular formula is C32H44O14. The number of hydrogen-bond donors (Lipinski definition) is 7. The Morgan fingerprint density at radius 1 is 1.02 bits per heavy atom. The molecular weight excluding hydrogens is 608 g/mol. The maximum Gasteiger partial charge on any atom is 0.344 e. The molecule has 2 aliphatic heterocycles. The molecule has 7 N–H and O–H groups in total. The highest BCUT2D eigenvalue weighted by Gasteiger charge is 2.85. The molecule has 14 nitrogen and oxygen atoms in total. The summed E-state index contributed by atoms with van der Waals surface area (Å²) in [6, 6.07) is 9.26. The Balaban J connectivity index is 1.94. The van der Waals surface area contributed by atoms with E-state index >= 15 is 0 Å². The smallest absolute Gasteiger partial charge is 0.344 e. The molecule has 2 heterocycles. The fraction of sp³-hybridized carbons (Fsp3) is 0.625. The molecule has 1 aromatic carbocycles. The van der Waals surface area contributed by atoms with Crippen LogP contribution in [0.25, 0.3) is 0 Å². The van der Waals surface area contributed by atoms with E-state index in [1.165, 1.54) is 0 Å². The van der Waals surface area contributed by atoms with Crippen molar-refractivity contribution in [3.8, 4) is 0 Å². The van der Waals surface area contributed by atoms with Gasteiger partial charge in [-0.05, 0) is 48.7 Å². The number of benzene rings is 1. The Bertz CT molecular complexity index is 1280. The Labute approximate surface area is 266 Å². The number of rotatable bonds is 17. The van der Waals surface area contributed by atoms with Crippen molar-refractivity contribution < 1.29 is 69.1 Å². The van der Waals surface area contributed by atoms with Gasteiger partial charge in [-0.3, -0.25) is 4.79 Å². The molecule has 0 aliphatic carbocycles. The molecule has 0 spiro atoms. The third kappa shape index (κ3) is 6.97. The summed E-state index contributed by atoms with van der Waals surface area (Å²) in [5.41, 5.74) is -6.37. The quantitative estimate of drug-likeness (QED) is 0.0927. The van der Waals surface area contributed by atoms with Gasteiger partial charge < -0.3 is 50.0 Å². The predicted octanol–water partition coefficient (Wildman–Crippen LogP) is 1.26. The highest BCUT2D eigenvalue weighted by Crippen LogP contribution is 2.56. The van der Waals surface area contributed by atoms with Crippen molar-refractivity contribution in [1.82, 2.24) is 0 Å². The molecule has 2 aliphatic rings. The van der Waals surface area contributed by atoms with Gasteiger partial charge in [-0.15, -0.1) is 0 Å².